The Labute approximate surface area is 180 Å². The Balaban J connectivity index is 1.61. The van der Waals surface area contributed by atoms with Crippen molar-refractivity contribution in [3.05, 3.63) is 64.7 Å². The molecule has 0 radical (unpaired) electrons. The average molecular weight is 422 g/mol. The Morgan fingerprint density at radius 1 is 0.839 bits per heavy atom. The van der Waals surface area contributed by atoms with Crippen LogP contribution in [-0.4, -0.2) is 30.4 Å². The zero-order valence-electron chi connectivity index (χ0n) is 17.4. The number of nitrogens with zero attached hydrogens (tertiary/aromatic N) is 1. The molecule has 2 aromatic rings. The minimum Gasteiger partial charge on any atom is -0.545 e. The van der Waals surface area contributed by atoms with Crippen molar-refractivity contribution in [1.29, 1.82) is 0 Å². The molecule has 0 bridgehead atoms. The van der Waals surface area contributed by atoms with Gasteiger partial charge in [0.05, 0.1) is 35.0 Å². The van der Waals surface area contributed by atoms with Gasteiger partial charge in [0.1, 0.15) is 0 Å². The maximum atomic E-state index is 12.7. The Morgan fingerprint density at radius 2 is 1.45 bits per heavy atom. The van der Waals surface area contributed by atoms with E-state index in [4.69, 9.17) is 4.74 Å². The van der Waals surface area contributed by atoms with Gasteiger partial charge >= 0.3 is 5.97 Å². The molecule has 0 atom stereocenters. The van der Waals surface area contributed by atoms with Gasteiger partial charge in [-0.2, -0.15) is 0 Å². The number of imide groups is 1. The van der Waals surface area contributed by atoms with Crippen molar-refractivity contribution in [2.75, 3.05) is 11.5 Å². The summed E-state index contributed by atoms with van der Waals surface area (Å²) in [6, 6.07) is 9.63. The number of hydrogen-bond acceptors (Lipinski definition) is 6. The highest BCUT2D eigenvalue weighted by Gasteiger charge is 2.36. The highest BCUT2D eigenvalue weighted by molar-refractivity contribution is 6.34. The first kappa shape index (κ1) is 22.2. The van der Waals surface area contributed by atoms with Gasteiger partial charge in [-0.1, -0.05) is 45.1 Å². The summed E-state index contributed by atoms with van der Waals surface area (Å²) in [6.07, 6.45) is 6.56. The number of esters is 1. The predicted molar refractivity (Wildman–Crippen MR) is 112 cm³/mol. The molecule has 0 fully saturated rings. The van der Waals surface area contributed by atoms with Crippen LogP contribution in [0.4, 0.5) is 5.69 Å². The number of hydrogen-bond donors (Lipinski definition) is 0. The maximum Gasteiger partial charge on any atom is 0.338 e. The SMILES string of the molecule is CCCCCCCCOC(=O)c1ccc(N2C(=O)c3ccc(C(=O)[O-])cc3C2=O)cc1. The molecule has 2 amide bonds. The first-order chi connectivity index (χ1) is 14.9. The Kier molecular flexibility index (Phi) is 7.18. The Hall–Kier alpha value is -3.48. The number of carboxylic acid groups (broad SMARTS) is 1. The molecule has 162 valence electrons. The van der Waals surface area contributed by atoms with Crippen molar-refractivity contribution in [3.8, 4) is 0 Å². The number of carboxylic acids is 1. The molecule has 1 aliphatic heterocycles. The third-order valence-electron chi connectivity index (χ3n) is 5.21. The molecule has 7 nitrogen and oxygen atoms in total. The molecule has 7 heteroatoms. The van der Waals surface area contributed by atoms with E-state index in [9.17, 15) is 24.3 Å². The van der Waals surface area contributed by atoms with Crippen LogP contribution in [0.25, 0.3) is 0 Å². The summed E-state index contributed by atoms with van der Waals surface area (Å²) < 4.78 is 5.28. The lowest BCUT2D eigenvalue weighted by atomic mass is 10.1. The van der Waals surface area contributed by atoms with E-state index in [1.165, 1.54) is 55.7 Å². The van der Waals surface area contributed by atoms with E-state index in [2.05, 4.69) is 6.92 Å². The highest BCUT2D eigenvalue weighted by atomic mass is 16.5. The van der Waals surface area contributed by atoms with Gasteiger partial charge < -0.3 is 14.6 Å². The zero-order valence-corrected chi connectivity index (χ0v) is 17.4. The molecule has 3 rings (SSSR count). The first-order valence-corrected chi connectivity index (χ1v) is 10.5. The molecule has 0 spiro atoms. The maximum absolute atomic E-state index is 12.7. The van der Waals surface area contributed by atoms with Crippen LogP contribution in [0.1, 0.15) is 86.9 Å². The lowest BCUT2D eigenvalue weighted by Crippen LogP contribution is -2.29. The van der Waals surface area contributed by atoms with E-state index in [0.717, 1.165) is 30.2 Å². The lowest BCUT2D eigenvalue weighted by molar-refractivity contribution is -0.255. The quantitative estimate of drug-likeness (QED) is 0.330. The summed E-state index contributed by atoms with van der Waals surface area (Å²) in [4.78, 5) is 49.5. The van der Waals surface area contributed by atoms with Crippen LogP contribution in [0.2, 0.25) is 0 Å². The molecule has 0 saturated carbocycles. The number of carbonyl (C=O) groups excluding carboxylic acids is 4. The smallest absolute Gasteiger partial charge is 0.338 e. The normalized spacial score (nSPS) is 12.7. The van der Waals surface area contributed by atoms with Crippen molar-refractivity contribution in [2.24, 2.45) is 0 Å². The van der Waals surface area contributed by atoms with Crippen molar-refractivity contribution >= 4 is 29.4 Å². The number of unbranched alkanes of at least 4 members (excludes halogenated alkanes) is 5. The highest BCUT2D eigenvalue weighted by Crippen LogP contribution is 2.29. The molecular formula is C24H24NO6-. The van der Waals surface area contributed by atoms with Crippen molar-refractivity contribution in [2.45, 2.75) is 45.4 Å². The number of aromatic carboxylic acids is 1. The summed E-state index contributed by atoms with van der Waals surface area (Å²) in [6.45, 7) is 2.51. The fourth-order valence-electron chi connectivity index (χ4n) is 3.48. The largest absolute Gasteiger partial charge is 0.545 e. The average Bonchev–Trinajstić information content (AvgIpc) is 3.02. The standard InChI is InChI=1S/C24H25NO6/c1-2-3-4-5-6-7-14-31-24(30)16-8-11-18(12-9-16)25-21(26)19-13-10-17(23(28)29)15-20(19)22(25)27/h8-13,15H,2-7,14H2,1H3,(H,28,29)/p-1. The van der Waals surface area contributed by atoms with Crippen LogP contribution >= 0.6 is 0 Å². The van der Waals surface area contributed by atoms with Crippen LogP contribution in [0.3, 0.4) is 0 Å². The van der Waals surface area contributed by atoms with Gasteiger partial charge in [0.25, 0.3) is 11.8 Å². The van der Waals surface area contributed by atoms with E-state index in [-0.39, 0.29) is 22.4 Å². The summed E-state index contributed by atoms with van der Waals surface area (Å²) in [7, 11) is 0. The van der Waals surface area contributed by atoms with Gasteiger partial charge in [-0.3, -0.25) is 9.59 Å². The van der Waals surface area contributed by atoms with Crippen LogP contribution in [0.5, 0.6) is 0 Å². The van der Waals surface area contributed by atoms with Gasteiger partial charge in [-0.05, 0) is 48.4 Å². The van der Waals surface area contributed by atoms with Crippen LogP contribution in [0, 0.1) is 0 Å². The lowest BCUT2D eigenvalue weighted by Gasteiger charge is -2.14. The second-order valence-electron chi connectivity index (χ2n) is 7.44. The van der Waals surface area contributed by atoms with Crippen molar-refractivity contribution < 1.29 is 29.0 Å². The monoisotopic (exact) mass is 422 g/mol. The van der Waals surface area contributed by atoms with E-state index in [1.54, 1.807) is 0 Å². The molecule has 0 N–H and O–H groups in total. The third-order valence-corrected chi connectivity index (χ3v) is 5.21. The second-order valence-corrected chi connectivity index (χ2v) is 7.44. The number of carbonyl (C=O) groups is 4. The summed E-state index contributed by atoms with van der Waals surface area (Å²) >= 11 is 0. The topological polar surface area (TPSA) is 104 Å². The predicted octanol–water partition coefficient (Wildman–Crippen LogP) is 3.37. The minimum atomic E-state index is -1.43. The number of anilines is 1. The van der Waals surface area contributed by atoms with Gasteiger partial charge in [0.15, 0.2) is 0 Å². The van der Waals surface area contributed by atoms with Gasteiger partial charge in [-0.15, -0.1) is 0 Å². The van der Waals surface area contributed by atoms with E-state index in [0.29, 0.717) is 12.2 Å². The number of benzene rings is 2. The zero-order chi connectivity index (χ0) is 22.4. The minimum absolute atomic E-state index is 0.00845. The molecule has 0 unspecified atom stereocenters. The molecule has 1 aliphatic rings. The molecule has 2 aromatic carbocycles. The van der Waals surface area contributed by atoms with Gasteiger partial charge in [-0.25, -0.2) is 9.69 Å². The molecule has 0 aromatic heterocycles. The van der Waals surface area contributed by atoms with E-state index >= 15 is 0 Å². The van der Waals surface area contributed by atoms with Crippen molar-refractivity contribution in [3.63, 3.8) is 0 Å². The summed E-state index contributed by atoms with van der Waals surface area (Å²) in [5.41, 5.74) is 0.566. The first-order valence-electron chi connectivity index (χ1n) is 10.5. The Morgan fingerprint density at radius 3 is 2.13 bits per heavy atom. The molecule has 31 heavy (non-hydrogen) atoms. The third kappa shape index (κ3) is 4.99. The molecule has 1 heterocycles. The fraction of sp³-hybridized carbons (Fsp3) is 0.333. The molecule has 0 saturated heterocycles. The number of ether oxygens (including phenoxy) is 1. The van der Waals surface area contributed by atoms with Crippen LogP contribution in [0.15, 0.2) is 42.5 Å². The van der Waals surface area contributed by atoms with Crippen LogP contribution in [-0.2, 0) is 4.74 Å². The molecular weight excluding hydrogens is 398 g/mol. The Bertz CT molecular complexity index is 996. The van der Waals surface area contributed by atoms with E-state index < -0.39 is 23.8 Å². The van der Waals surface area contributed by atoms with Gasteiger partial charge in [0, 0.05) is 0 Å². The summed E-state index contributed by atoms with van der Waals surface area (Å²) in [5.74, 6) is -3.06. The molecule has 0 aliphatic carbocycles. The van der Waals surface area contributed by atoms with Crippen LogP contribution < -0.4 is 10.0 Å². The number of fused-ring (bicyclic) bond motifs is 1. The summed E-state index contributed by atoms with van der Waals surface area (Å²) in [5, 5.41) is 11.0. The fourth-order valence-corrected chi connectivity index (χ4v) is 3.48. The van der Waals surface area contributed by atoms with E-state index in [1.807, 2.05) is 0 Å². The second kappa shape index (κ2) is 10.0. The number of rotatable bonds is 10. The number of amides is 2. The van der Waals surface area contributed by atoms with Gasteiger partial charge in [0.2, 0.25) is 0 Å². The van der Waals surface area contributed by atoms with Crippen molar-refractivity contribution in [1.82, 2.24) is 0 Å².